The zero-order valence-corrected chi connectivity index (χ0v) is 20.4. The van der Waals surface area contributed by atoms with Gasteiger partial charge >= 0.3 is 0 Å². The maximum Gasteiger partial charge on any atom is 0.0351 e. The molecule has 5 fully saturated rings. The average molecular weight is 425 g/mol. The van der Waals surface area contributed by atoms with Gasteiger partial charge in [-0.2, -0.15) is 0 Å². The van der Waals surface area contributed by atoms with Crippen molar-refractivity contribution in [1.29, 1.82) is 0 Å². The van der Waals surface area contributed by atoms with Gasteiger partial charge in [-0.3, -0.25) is 0 Å². The number of hydrogen-bond acceptors (Lipinski definition) is 2. The first-order valence-corrected chi connectivity index (χ1v) is 13.9. The topological polar surface area (TPSA) is 6.48 Å². The number of allylic oxidation sites excluding steroid dienone is 2. The smallest absolute Gasteiger partial charge is 0.0351 e. The molecule has 1 aliphatic heterocycles. The highest BCUT2D eigenvalue weighted by Gasteiger charge is 2.43. The molecule has 174 valence electrons. The monoisotopic (exact) mass is 424 g/mol. The minimum Gasteiger partial charge on any atom is -0.372 e. The standard InChI is InChI=1S/C29H48N2/c1-22(30-18-20-31(21-19-30)23(2)29(3)16-17-29)24-8-10-27(11-9-24)28-14-12-26(13-15-28)25-6-4-5-7-25/h24-28H,1-2,4-21H2,3H3. The van der Waals surface area contributed by atoms with Gasteiger partial charge in [-0.25, -0.2) is 0 Å². The van der Waals surface area contributed by atoms with Crippen LogP contribution in [0.2, 0.25) is 0 Å². The zero-order valence-electron chi connectivity index (χ0n) is 20.4. The molecular formula is C29H48N2. The van der Waals surface area contributed by atoms with E-state index in [0.717, 1.165) is 55.8 Å². The summed E-state index contributed by atoms with van der Waals surface area (Å²) >= 11 is 0. The molecule has 31 heavy (non-hydrogen) atoms. The summed E-state index contributed by atoms with van der Waals surface area (Å²) in [5, 5.41) is 0. The van der Waals surface area contributed by atoms with Gasteiger partial charge in [0.1, 0.15) is 0 Å². The van der Waals surface area contributed by atoms with Gasteiger partial charge in [0.15, 0.2) is 0 Å². The minimum atomic E-state index is 0.424. The molecule has 0 aromatic heterocycles. The third kappa shape index (κ3) is 4.74. The molecule has 0 radical (unpaired) electrons. The molecule has 0 N–H and O–H groups in total. The summed E-state index contributed by atoms with van der Waals surface area (Å²) in [5.74, 6) is 5.01. The summed E-state index contributed by atoms with van der Waals surface area (Å²) in [6.45, 7) is 16.0. The summed E-state index contributed by atoms with van der Waals surface area (Å²) in [6, 6.07) is 0. The van der Waals surface area contributed by atoms with E-state index in [9.17, 15) is 0 Å². The molecule has 0 amide bonds. The number of hydrogen-bond donors (Lipinski definition) is 0. The van der Waals surface area contributed by atoms with Crippen LogP contribution >= 0.6 is 0 Å². The SMILES string of the molecule is C=C(C1CCC(C2CCC(C3CCCC3)CC2)CC1)N1CCN(C(=C)C2(C)CC2)CC1. The Morgan fingerprint density at radius 2 is 1.03 bits per heavy atom. The molecule has 4 aliphatic carbocycles. The van der Waals surface area contributed by atoms with Crippen LogP contribution in [0.4, 0.5) is 0 Å². The Morgan fingerprint density at radius 1 is 0.613 bits per heavy atom. The fourth-order valence-electron chi connectivity index (χ4n) is 7.82. The van der Waals surface area contributed by atoms with E-state index in [-0.39, 0.29) is 0 Å². The van der Waals surface area contributed by atoms with Crippen LogP contribution in [0.1, 0.15) is 96.8 Å². The largest absolute Gasteiger partial charge is 0.372 e. The third-order valence-electron chi connectivity index (χ3n) is 10.6. The maximum absolute atomic E-state index is 4.61. The summed E-state index contributed by atoms with van der Waals surface area (Å²) in [6.07, 6.45) is 20.7. The highest BCUT2D eigenvalue weighted by molar-refractivity contribution is 5.17. The lowest BCUT2D eigenvalue weighted by Gasteiger charge is -2.44. The van der Waals surface area contributed by atoms with E-state index >= 15 is 0 Å². The van der Waals surface area contributed by atoms with Crippen LogP contribution in [0.15, 0.2) is 24.6 Å². The van der Waals surface area contributed by atoms with Crippen molar-refractivity contribution in [1.82, 2.24) is 9.80 Å². The Morgan fingerprint density at radius 3 is 1.52 bits per heavy atom. The van der Waals surface area contributed by atoms with Crippen molar-refractivity contribution in [2.45, 2.75) is 96.8 Å². The molecule has 0 aromatic rings. The van der Waals surface area contributed by atoms with E-state index in [1.807, 2.05) is 0 Å². The van der Waals surface area contributed by atoms with E-state index in [2.05, 4.69) is 29.9 Å². The molecule has 0 aromatic carbocycles. The highest BCUT2D eigenvalue weighted by Crippen LogP contribution is 2.52. The van der Waals surface area contributed by atoms with Gasteiger partial charge in [0.2, 0.25) is 0 Å². The van der Waals surface area contributed by atoms with E-state index < -0.39 is 0 Å². The van der Waals surface area contributed by atoms with Crippen molar-refractivity contribution < 1.29 is 0 Å². The molecule has 5 rings (SSSR count). The molecule has 4 saturated carbocycles. The predicted molar refractivity (Wildman–Crippen MR) is 132 cm³/mol. The molecule has 0 unspecified atom stereocenters. The van der Waals surface area contributed by atoms with Crippen LogP contribution in [0, 0.1) is 35.0 Å². The Labute approximate surface area is 192 Å². The molecule has 0 atom stereocenters. The van der Waals surface area contributed by atoms with Crippen LogP contribution in [0.3, 0.4) is 0 Å². The average Bonchev–Trinajstić information content (AvgIpc) is 3.34. The Hall–Kier alpha value is -0.920. The number of rotatable bonds is 6. The van der Waals surface area contributed by atoms with Gasteiger partial charge in [-0.1, -0.05) is 45.8 Å². The van der Waals surface area contributed by atoms with E-state index in [4.69, 9.17) is 0 Å². The Kier molecular flexibility index (Phi) is 6.46. The molecule has 2 nitrogen and oxygen atoms in total. The van der Waals surface area contributed by atoms with E-state index in [1.54, 1.807) is 38.5 Å². The molecule has 1 saturated heterocycles. The number of piperazine rings is 1. The molecule has 2 heteroatoms. The fourth-order valence-corrected chi connectivity index (χ4v) is 7.82. The van der Waals surface area contributed by atoms with Gasteiger partial charge in [0, 0.05) is 43.0 Å². The van der Waals surface area contributed by atoms with Crippen LogP contribution in [0.25, 0.3) is 0 Å². The summed E-state index contributed by atoms with van der Waals surface area (Å²) in [7, 11) is 0. The second-order valence-corrected chi connectivity index (χ2v) is 12.3. The van der Waals surface area contributed by atoms with Gasteiger partial charge in [0.05, 0.1) is 0 Å². The van der Waals surface area contributed by atoms with Crippen molar-refractivity contribution in [3.05, 3.63) is 24.6 Å². The second kappa shape index (κ2) is 9.14. The van der Waals surface area contributed by atoms with Crippen molar-refractivity contribution in [2.75, 3.05) is 26.2 Å². The minimum absolute atomic E-state index is 0.424. The van der Waals surface area contributed by atoms with Crippen LogP contribution < -0.4 is 0 Å². The van der Waals surface area contributed by atoms with Gasteiger partial charge in [-0.15, -0.1) is 0 Å². The summed E-state index contributed by atoms with van der Waals surface area (Å²) in [5.41, 5.74) is 3.29. The summed E-state index contributed by atoms with van der Waals surface area (Å²) < 4.78 is 0. The Balaban J connectivity index is 1.03. The van der Waals surface area contributed by atoms with E-state index in [1.165, 1.54) is 62.8 Å². The number of nitrogens with zero attached hydrogens (tertiary/aromatic N) is 2. The lowest BCUT2D eigenvalue weighted by molar-refractivity contribution is 0.117. The third-order valence-corrected chi connectivity index (χ3v) is 10.6. The predicted octanol–water partition coefficient (Wildman–Crippen LogP) is 7.23. The first-order chi connectivity index (χ1) is 15.0. The lowest BCUT2D eigenvalue weighted by atomic mass is 9.67. The highest BCUT2D eigenvalue weighted by atomic mass is 15.3. The fraction of sp³-hybridized carbons (Fsp3) is 0.862. The first kappa shape index (κ1) is 21.9. The normalized spacial score (nSPS) is 36.4. The van der Waals surface area contributed by atoms with E-state index in [0.29, 0.717) is 5.41 Å². The second-order valence-electron chi connectivity index (χ2n) is 12.3. The van der Waals surface area contributed by atoms with Crippen molar-refractivity contribution in [3.8, 4) is 0 Å². The lowest BCUT2D eigenvalue weighted by Crippen LogP contribution is -2.47. The molecule has 1 heterocycles. The molecule has 5 aliphatic rings. The van der Waals surface area contributed by atoms with Crippen LogP contribution in [-0.4, -0.2) is 36.0 Å². The van der Waals surface area contributed by atoms with Crippen molar-refractivity contribution in [2.24, 2.45) is 35.0 Å². The van der Waals surface area contributed by atoms with Gasteiger partial charge < -0.3 is 9.80 Å². The molecule has 0 spiro atoms. The summed E-state index contributed by atoms with van der Waals surface area (Å²) in [4.78, 5) is 5.19. The van der Waals surface area contributed by atoms with Gasteiger partial charge in [-0.05, 0) is 93.8 Å². The van der Waals surface area contributed by atoms with Gasteiger partial charge in [0.25, 0.3) is 0 Å². The van der Waals surface area contributed by atoms with Crippen molar-refractivity contribution >= 4 is 0 Å². The Bertz CT molecular complexity index is 632. The zero-order chi connectivity index (χ0) is 21.4. The quantitative estimate of drug-likeness (QED) is 0.443. The van der Waals surface area contributed by atoms with Crippen molar-refractivity contribution in [3.63, 3.8) is 0 Å². The molecule has 0 bridgehead atoms. The first-order valence-electron chi connectivity index (χ1n) is 13.9. The van der Waals surface area contributed by atoms with Crippen LogP contribution in [0.5, 0.6) is 0 Å². The van der Waals surface area contributed by atoms with Crippen LogP contribution in [-0.2, 0) is 0 Å². The maximum atomic E-state index is 4.61. The molecular weight excluding hydrogens is 376 g/mol.